The average Bonchev–Trinajstić information content (AvgIpc) is 3.48. The highest BCUT2D eigenvalue weighted by molar-refractivity contribution is 6.42. The van der Waals surface area contributed by atoms with Crippen molar-refractivity contribution in [3.8, 4) is 11.3 Å². The molecule has 0 amide bonds. The van der Waals surface area contributed by atoms with Crippen LogP contribution in [0.15, 0.2) is 53.2 Å². The van der Waals surface area contributed by atoms with Crippen LogP contribution in [0, 0.1) is 0 Å². The Morgan fingerprint density at radius 3 is 2.34 bits per heavy atom. The van der Waals surface area contributed by atoms with E-state index in [0.29, 0.717) is 32.9 Å². The van der Waals surface area contributed by atoms with Gasteiger partial charge in [0.2, 0.25) is 5.78 Å². The summed E-state index contributed by atoms with van der Waals surface area (Å²) in [6, 6.07) is 12.2. The second-order valence-corrected chi connectivity index (χ2v) is 11.2. The minimum absolute atomic E-state index is 0.242. The summed E-state index contributed by atoms with van der Waals surface area (Å²) in [6.45, 7) is 7.83. The highest BCUT2D eigenvalue weighted by Gasteiger charge is 2.34. The number of nitrogens with zero attached hydrogens (tertiary/aromatic N) is 1. The minimum Gasteiger partial charge on any atom is -0.462 e. The fourth-order valence-corrected chi connectivity index (χ4v) is 5.53. The number of halogens is 3. The second kappa shape index (κ2) is 9.77. The van der Waals surface area contributed by atoms with Gasteiger partial charge in [0, 0.05) is 38.5 Å². The van der Waals surface area contributed by atoms with Crippen molar-refractivity contribution in [3.05, 3.63) is 86.2 Å². The van der Waals surface area contributed by atoms with Crippen molar-refractivity contribution >= 4 is 68.2 Å². The molecule has 0 saturated carbocycles. The first-order valence-corrected chi connectivity index (χ1v) is 13.1. The van der Waals surface area contributed by atoms with E-state index < -0.39 is 11.4 Å². The van der Waals surface area contributed by atoms with Gasteiger partial charge in [-0.1, -0.05) is 78.9 Å². The number of carbonyl (C=O) groups is 2. The molecule has 38 heavy (non-hydrogen) atoms. The highest BCUT2D eigenvalue weighted by Crippen LogP contribution is 2.42. The van der Waals surface area contributed by atoms with Crippen LogP contribution in [0.3, 0.4) is 0 Å². The largest absolute Gasteiger partial charge is 0.462 e. The van der Waals surface area contributed by atoms with E-state index in [1.807, 2.05) is 39.0 Å². The van der Waals surface area contributed by atoms with Crippen LogP contribution in [0.5, 0.6) is 0 Å². The fourth-order valence-electron chi connectivity index (χ4n) is 4.54. The Balaban J connectivity index is 1.72. The summed E-state index contributed by atoms with van der Waals surface area (Å²) in [5, 5.41) is 7.49. The van der Waals surface area contributed by atoms with E-state index in [4.69, 9.17) is 44.1 Å². The molecule has 6 nitrogen and oxygen atoms in total. The third kappa shape index (κ3) is 4.47. The number of hydrogen-bond donors (Lipinski definition) is 1. The van der Waals surface area contributed by atoms with Crippen molar-refractivity contribution < 1.29 is 18.8 Å². The second-order valence-electron chi connectivity index (χ2n) is 9.91. The first-order chi connectivity index (χ1) is 18.0. The molecule has 0 aliphatic heterocycles. The van der Waals surface area contributed by atoms with E-state index >= 15 is 0 Å². The number of esters is 1. The van der Waals surface area contributed by atoms with Gasteiger partial charge in [0.05, 0.1) is 33.3 Å². The van der Waals surface area contributed by atoms with Gasteiger partial charge in [0.15, 0.2) is 5.76 Å². The molecule has 5 rings (SSSR count). The van der Waals surface area contributed by atoms with E-state index in [1.54, 1.807) is 37.4 Å². The molecule has 0 spiro atoms. The molecule has 0 aliphatic carbocycles. The van der Waals surface area contributed by atoms with Crippen molar-refractivity contribution in [2.45, 2.75) is 33.1 Å². The number of ketones is 1. The normalized spacial score (nSPS) is 11.9. The van der Waals surface area contributed by atoms with Gasteiger partial charge in [-0.25, -0.2) is 4.79 Å². The van der Waals surface area contributed by atoms with Crippen molar-refractivity contribution in [1.29, 1.82) is 0 Å². The van der Waals surface area contributed by atoms with Crippen LogP contribution in [-0.2, 0) is 10.2 Å². The molecule has 2 aromatic heterocycles. The molecule has 0 bridgehead atoms. The van der Waals surface area contributed by atoms with Crippen molar-refractivity contribution in [1.82, 2.24) is 10.1 Å². The molecular formula is C29H23Cl3N2O4. The smallest absolute Gasteiger partial charge is 0.338 e. The molecule has 194 valence electrons. The molecule has 0 radical (unpaired) electrons. The van der Waals surface area contributed by atoms with Gasteiger partial charge in [0.1, 0.15) is 5.69 Å². The number of H-pyrrole nitrogens is 1. The van der Waals surface area contributed by atoms with Gasteiger partial charge in [-0.2, -0.15) is 0 Å². The van der Waals surface area contributed by atoms with E-state index in [2.05, 4.69) is 10.1 Å². The van der Waals surface area contributed by atoms with Crippen LogP contribution in [0.25, 0.3) is 32.9 Å². The van der Waals surface area contributed by atoms with E-state index in [9.17, 15) is 9.59 Å². The number of aromatic amines is 1. The Kier molecular flexibility index (Phi) is 6.76. The zero-order valence-corrected chi connectivity index (χ0v) is 23.3. The Hall–Kier alpha value is -3.32. The molecule has 1 N–H and O–H groups in total. The lowest BCUT2D eigenvalue weighted by atomic mass is 9.86. The molecule has 0 unspecified atom stereocenters. The van der Waals surface area contributed by atoms with Crippen molar-refractivity contribution in [2.75, 3.05) is 6.61 Å². The number of hydrogen-bond acceptors (Lipinski definition) is 5. The number of carbonyl (C=O) groups excluding carboxylic acids is 2. The number of fused-ring (bicyclic) bond motifs is 3. The lowest BCUT2D eigenvalue weighted by Crippen LogP contribution is -2.16. The van der Waals surface area contributed by atoms with Crippen LogP contribution < -0.4 is 0 Å². The van der Waals surface area contributed by atoms with Crippen molar-refractivity contribution in [2.24, 2.45) is 0 Å². The predicted octanol–water partition coefficient (Wildman–Crippen LogP) is 8.64. The van der Waals surface area contributed by atoms with Crippen LogP contribution in [-0.4, -0.2) is 28.5 Å². The minimum atomic E-state index is -0.547. The maximum Gasteiger partial charge on any atom is 0.338 e. The molecule has 3 aromatic carbocycles. The Morgan fingerprint density at radius 1 is 1.00 bits per heavy atom. The van der Waals surface area contributed by atoms with Gasteiger partial charge in [-0.3, -0.25) is 4.79 Å². The van der Waals surface area contributed by atoms with Gasteiger partial charge in [0.25, 0.3) is 0 Å². The van der Waals surface area contributed by atoms with Gasteiger partial charge < -0.3 is 14.2 Å². The van der Waals surface area contributed by atoms with Crippen LogP contribution in [0.4, 0.5) is 0 Å². The molecule has 5 aromatic rings. The van der Waals surface area contributed by atoms with E-state index in [1.165, 1.54) is 0 Å². The first kappa shape index (κ1) is 26.3. The molecule has 9 heteroatoms. The predicted molar refractivity (Wildman–Crippen MR) is 151 cm³/mol. The lowest BCUT2D eigenvalue weighted by Gasteiger charge is -2.16. The third-order valence-electron chi connectivity index (χ3n) is 6.27. The van der Waals surface area contributed by atoms with Crippen LogP contribution >= 0.6 is 34.8 Å². The van der Waals surface area contributed by atoms with Gasteiger partial charge >= 0.3 is 5.97 Å². The standard InChI is InChI=1S/C29H23Cl3N2O4/c1-5-37-28(36)15-7-6-14-8-9-17-19(13-33-24(17)18(14)10-15)26(35)23-25(34-38-27(23)29(2,3)4)22-20(31)11-16(30)12-21(22)32/h6-13,33H,5H2,1-4H3. The average molecular weight is 570 g/mol. The summed E-state index contributed by atoms with van der Waals surface area (Å²) < 4.78 is 10.9. The molecular weight excluding hydrogens is 547 g/mol. The Labute approximate surface area is 233 Å². The first-order valence-electron chi connectivity index (χ1n) is 11.9. The molecule has 2 heterocycles. The lowest BCUT2D eigenvalue weighted by molar-refractivity contribution is 0.0526. The zero-order chi connectivity index (χ0) is 27.4. The zero-order valence-electron chi connectivity index (χ0n) is 21.0. The third-order valence-corrected chi connectivity index (χ3v) is 7.09. The van der Waals surface area contributed by atoms with Crippen LogP contribution in [0.2, 0.25) is 15.1 Å². The molecule has 0 aliphatic rings. The number of benzene rings is 3. The molecule has 0 saturated heterocycles. The molecule has 0 fully saturated rings. The number of ether oxygens (including phenoxy) is 1. The topological polar surface area (TPSA) is 85.2 Å². The van der Waals surface area contributed by atoms with Gasteiger partial charge in [-0.05, 0) is 36.6 Å². The number of aromatic nitrogens is 2. The van der Waals surface area contributed by atoms with E-state index in [-0.39, 0.29) is 33.7 Å². The Morgan fingerprint density at radius 2 is 1.68 bits per heavy atom. The summed E-state index contributed by atoms with van der Waals surface area (Å²) in [7, 11) is 0. The summed E-state index contributed by atoms with van der Waals surface area (Å²) >= 11 is 19.1. The highest BCUT2D eigenvalue weighted by atomic mass is 35.5. The fraction of sp³-hybridized carbons (Fsp3) is 0.207. The summed E-state index contributed by atoms with van der Waals surface area (Å²) in [6.07, 6.45) is 1.65. The van der Waals surface area contributed by atoms with Crippen molar-refractivity contribution in [3.63, 3.8) is 0 Å². The maximum absolute atomic E-state index is 14.2. The quantitative estimate of drug-likeness (QED) is 0.169. The maximum atomic E-state index is 14.2. The summed E-state index contributed by atoms with van der Waals surface area (Å²) in [5.41, 5.74) is 1.89. The molecule has 0 atom stereocenters. The monoisotopic (exact) mass is 568 g/mol. The van der Waals surface area contributed by atoms with E-state index in [0.717, 1.165) is 16.3 Å². The van der Waals surface area contributed by atoms with Crippen LogP contribution in [0.1, 0.15) is 59.7 Å². The number of nitrogens with one attached hydrogen (secondary N) is 1. The summed E-state index contributed by atoms with van der Waals surface area (Å²) in [5.74, 6) is -0.311. The number of rotatable bonds is 5. The van der Waals surface area contributed by atoms with Gasteiger partial charge in [-0.15, -0.1) is 0 Å². The summed E-state index contributed by atoms with van der Waals surface area (Å²) in [4.78, 5) is 29.8. The Bertz CT molecular complexity index is 1720. The SMILES string of the molecule is CCOC(=O)c1ccc2ccc3c(C(=O)c4c(-c5c(Cl)cc(Cl)cc5Cl)noc4C(C)(C)C)c[nH]c3c2c1.